The van der Waals surface area contributed by atoms with E-state index >= 15 is 0 Å². The van der Waals surface area contributed by atoms with Gasteiger partial charge in [0.1, 0.15) is 0 Å². The van der Waals surface area contributed by atoms with E-state index in [9.17, 15) is 4.79 Å². The Morgan fingerprint density at radius 1 is 0.880 bits per heavy atom. The van der Waals surface area contributed by atoms with Crippen molar-refractivity contribution in [1.82, 2.24) is 9.88 Å². The second-order valence-corrected chi connectivity index (χ2v) is 14.4. The van der Waals surface area contributed by atoms with Gasteiger partial charge >= 0.3 is 0 Å². The number of benzene rings is 5. The number of fused-ring (bicyclic) bond motifs is 5. The first-order valence-corrected chi connectivity index (χ1v) is 18.0. The van der Waals surface area contributed by atoms with E-state index in [0.29, 0.717) is 17.1 Å². The summed E-state index contributed by atoms with van der Waals surface area (Å²) in [4.78, 5) is 19.8. The number of carbonyl (C=O) groups excluding carboxylic acids is 1. The van der Waals surface area contributed by atoms with E-state index in [1.54, 1.807) is 6.92 Å². The molecule has 3 N–H and O–H groups in total. The van der Waals surface area contributed by atoms with Gasteiger partial charge in [0.15, 0.2) is 5.11 Å². The van der Waals surface area contributed by atoms with Crippen LogP contribution in [-0.2, 0) is 9.53 Å². The number of amides is 1. The number of thiocarbonyl (C=S) groups is 1. The third kappa shape index (κ3) is 5.13. The zero-order chi connectivity index (χ0) is 34.0. The van der Waals surface area contributed by atoms with Crippen LogP contribution in [0.1, 0.15) is 44.8 Å². The Bertz CT molecular complexity index is 2340. The number of hydrogen-bond acceptors (Lipinski definition) is 5. The largest absolute Gasteiger partial charge is 0.364 e. The van der Waals surface area contributed by atoms with Crippen molar-refractivity contribution in [2.45, 2.75) is 50.9 Å². The predicted molar refractivity (Wildman–Crippen MR) is 208 cm³/mol. The fourth-order valence-corrected chi connectivity index (χ4v) is 9.21. The molecule has 5 fully saturated rings. The average Bonchev–Trinajstić information content (AvgIpc) is 3.14. The minimum Gasteiger partial charge on any atom is -0.364 e. The summed E-state index contributed by atoms with van der Waals surface area (Å²) in [5, 5.41) is 15.9. The van der Waals surface area contributed by atoms with Crippen molar-refractivity contribution < 1.29 is 9.53 Å². The van der Waals surface area contributed by atoms with Crippen LogP contribution in [0, 0.1) is 5.92 Å². The second kappa shape index (κ2) is 12.2. The number of piperidine rings is 3. The number of nitrogens with zero attached hydrogens (tertiary/aromatic N) is 2. The van der Waals surface area contributed by atoms with E-state index in [0.717, 1.165) is 80.1 Å². The van der Waals surface area contributed by atoms with Gasteiger partial charge in [0, 0.05) is 59.3 Å². The van der Waals surface area contributed by atoms with E-state index in [1.807, 2.05) is 48.7 Å². The lowest BCUT2D eigenvalue weighted by Gasteiger charge is -2.64. The lowest BCUT2D eigenvalue weighted by molar-refractivity contribution is -0.274. The molecule has 0 saturated carbocycles. The lowest BCUT2D eigenvalue weighted by atomic mass is 9.66. The van der Waals surface area contributed by atoms with Crippen LogP contribution in [0.3, 0.4) is 0 Å². The molecule has 4 bridgehead atoms. The van der Waals surface area contributed by atoms with Gasteiger partial charge in [0.2, 0.25) is 5.91 Å². The molecule has 6 aromatic rings. The summed E-state index contributed by atoms with van der Waals surface area (Å²) in [5.41, 5.74) is 6.46. The first-order valence-electron chi connectivity index (χ1n) is 17.6. The average molecular weight is 678 g/mol. The van der Waals surface area contributed by atoms with Crippen molar-refractivity contribution in [3.8, 4) is 11.1 Å². The minimum atomic E-state index is -0.125. The van der Waals surface area contributed by atoms with Crippen molar-refractivity contribution in [3.63, 3.8) is 0 Å². The fraction of sp³-hybridized carbons (Fsp3) is 0.262. The summed E-state index contributed by atoms with van der Waals surface area (Å²) in [7, 11) is 0. The van der Waals surface area contributed by atoms with Crippen LogP contribution in [0.15, 0.2) is 103 Å². The SMILES string of the molecule is CCC12CN3CCC1CC3[C@H](c1ccnc3ccc(NC(=S)Nc4ccc5ccccc5c4-c4c(NC(C)=O)ccc5ccccc45)cc13)O2. The van der Waals surface area contributed by atoms with Crippen LogP contribution in [0.2, 0.25) is 0 Å². The van der Waals surface area contributed by atoms with Crippen molar-refractivity contribution >= 4 is 72.7 Å². The molecule has 6 heterocycles. The molecule has 0 aliphatic carbocycles. The van der Waals surface area contributed by atoms with E-state index in [2.05, 4.69) is 82.4 Å². The van der Waals surface area contributed by atoms with Crippen LogP contribution in [-0.4, -0.2) is 45.6 Å². The van der Waals surface area contributed by atoms with E-state index in [4.69, 9.17) is 21.9 Å². The Labute approximate surface area is 297 Å². The molecule has 8 heteroatoms. The number of aromatic nitrogens is 1. The van der Waals surface area contributed by atoms with Crippen molar-refractivity contribution in [1.29, 1.82) is 0 Å². The van der Waals surface area contributed by atoms with Crippen LogP contribution in [0.25, 0.3) is 43.6 Å². The highest BCUT2D eigenvalue weighted by Gasteiger charge is 2.58. The zero-order valence-electron chi connectivity index (χ0n) is 28.2. The van der Waals surface area contributed by atoms with E-state index in [-0.39, 0.29) is 17.6 Å². The molecule has 0 spiro atoms. The molecule has 1 amide bonds. The van der Waals surface area contributed by atoms with Crippen LogP contribution in [0.4, 0.5) is 17.1 Å². The van der Waals surface area contributed by atoms with Gasteiger partial charge in [-0.2, -0.15) is 0 Å². The smallest absolute Gasteiger partial charge is 0.221 e. The molecule has 5 aliphatic rings. The summed E-state index contributed by atoms with van der Waals surface area (Å²) in [5.74, 6) is 0.523. The molecular formula is C42H39N5O2S. The van der Waals surface area contributed by atoms with Gasteiger partial charge in [0.05, 0.1) is 17.2 Å². The first-order chi connectivity index (χ1) is 24.4. The maximum absolute atomic E-state index is 12.4. The number of hydrogen-bond donors (Lipinski definition) is 3. The number of rotatable bonds is 6. The zero-order valence-corrected chi connectivity index (χ0v) is 29.0. The Kier molecular flexibility index (Phi) is 7.57. The molecule has 50 heavy (non-hydrogen) atoms. The van der Waals surface area contributed by atoms with E-state index in [1.165, 1.54) is 18.4 Å². The van der Waals surface area contributed by atoms with Crippen molar-refractivity contribution in [2.24, 2.45) is 5.92 Å². The molecular weight excluding hydrogens is 639 g/mol. The Balaban J connectivity index is 1.08. The van der Waals surface area contributed by atoms with E-state index < -0.39 is 0 Å². The normalized spacial score (nSPS) is 23.7. The number of nitrogens with one attached hydrogen (secondary N) is 3. The van der Waals surface area contributed by atoms with Gasteiger partial charge in [-0.15, -0.1) is 0 Å². The number of ether oxygens (including phenoxy) is 1. The van der Waals surface area contributed by atoms with Crippen LogP contribution in [0.5, 0.6) is 0 Å². The lowest BCUT2D eigenvalue weighted by Crippen LogP contribution is -2.70. The Hall–Kier alpha value is -4.89. The van der Waals surface area contributed by atoms with Crippen LogP contribution < -0.4 is 16.0 Å². The van der Waals surface area contributed by atoms with Crippen molar-refractivity contribution in [3.05, 3.63) is 109 Å². The highest BCUT2D eigenvalue weighted by Crippen LogP contribution is 2.55. The maximum atomic E-state index is 12.4. The fourth-order valence-electron chi connectivity index (χ4n) is 8.99. The standard InChI is InChI=1S/C42H39N5O2S/c1-3-42-24-47-21-19-28(42)22-37(47)40(49-42)32-18-20-43-34-17-14-29(23-33(32)34)45-41(50)46-36-16-13-27-9-5-7-11-31(27)39(36)38-30-10-6-4-8-26(30)12-15-35(38)44-25(2)48/h4-18,20,23,28,37,40H,3,19,21-22,24H2,1-2H3,(H,44,48)(H2,45,46,50)/t28?,37?,40-,42?/m0/s1. The van der Waals surface area contributed by atoms with Crippen molar-refractivity contribution in [2.75, 3.05) is 29.0 Å². The summed E-state index contributed by atoms with van der Waals surface area (Å²) < 4.78 is 7.05. The second-order valence-electron chi connectivity index (χ2n) is 14.0. The highest BCUT2D eigenvalue weighted by molar-refractivity contribution is 7.80. The number of anilines is 3. The summed E-state index contributed by atoms with van der Waals surface area (Å²) in [6.45, 7) is 6.03. The van der Waals surface area contributed by atoms with Crippen LogP contribution >= 0.6 is 12.2 Å². The number of carbonyl (C=O) groups is 1. The predicted octanol–water partition coefficient (Wildman–Crippen LogP) is 9.29. The minimum absolute atomic E-state index is 0.0183. The molecule has 7 nitrogen and oxygen atoms in total. The molecule has 5 aliphatic heterocycles. The molecule has 4 unspecified atom stereocenters. The number of morpholine rings is 1. The summed E-state index contributed by atoms with van der Waals surface area (Å²) >= 11 is 6.00. The maximum Gasteiger partial charge on any atom is 0.221 e. The van der Waals surface area contributed by atoms with Gasteiger partial charge in [-0.25, -0.2) is 0 Å². The Morgan fingerprint density at radius 2 is 1.58 bits per heavy atom. The monoisotopic (exact) mass is 677 g/mol. The van der Waals surface area contributed by atoms with Gasteiger partial charge < -0.3 is 20.7 Å². The molecule has 5 saturated heterocycles. The topological polar surface area (TPSA) is 78.5 Å². The molecule has 0 radical (unpaired) electrons. The van der Waals surface area contributed by atoms with Gasteiger partial charge in [-0.3, -0.25) is 14.7 Å². The number of pyridine rings is 1. The molecule has 250 valence electrons. The third-order valence-corrected chi connectivity index (χ3v) is 11.5. The van der Waals surface area contributed by atoms with Gasteiger partial charge in [0.25, 0.3) is 0 Å². The molecule has 1 aromatic heterocycles. The summed E-state index contributed by atoms with van der Waals surface area (Å²) in [6, 6.07) is 33.6. The van der Waals surface area contributed by atoms with Gasteiger partial charge in [-0.05, 0) is 107 Å². The molecule has 5 atom stereocenters. The highest BCUT2D eigenvalue weighted by atomic mass is 32.1. The first kappa shape index (κ1) is 31.1. The molecule has 5 aromatic carbocycles. The molecule has 11 rings (SSSR count). The summed E-state index contributed by atoms with van der Waals surface area (Å²) in [6.07, 6.45) is 5.40. The quantitative estimate of drug-likeness (QED) is 0.152. The Morgan fingerprint density at radius 3 is 2.24 bits per heavy atom. The van der Waals surface area contributed by atoms with Gasteiger partial charge in [-0.1, -0.05) is 67.6 Å². The third-order valence-electron chi connectivity index (χ3n) is 11.3.